The fraction of sp³-hybridized carbons (Fsp3) is 0.529. The molecule has 0 radical (unpaired) electrons. The van der Waals surface area contributed by atoms with E-state index in [1.807, 2.05) is 19.9 Å². The lowest BCUT2D eigenvalue weighted by Crippen LogP contribution is -2.79. The summed E-state index contributed by atoms with van der Waals surface area (Å²) in [4.78, 5) is 30.7. The number of likely N-dealkylation sites (tertiary alicyclic amines) is 1. The van der Waals surface area contributed by atoms with Gasteiger partial charge in [-0.05, 0) is 81.1 Å². The average molecular weight is 611 g/mol. The van der Waals surface area contributed by atoms with Gasteiger partial charge in [-0.25, -0.2) is 0 Å². The van der Waals surface area contributed by atoms with Gasteiger partial charge in [0.2, 0.25) is 0 Å². The van der Waals surface area contributed by atoms with Gasteiger partial charge in [-0.15, -0.1) is 0 Å². The Labute approximate surface area is 255 Å². The van der Waals surface area contributed by atoms with Crippen LogP contribution >= 0.6 is 0 Å². The Morgan fingerprint density at radius 1 is 1.16 bits per heavy atom. The first kappa shape index (κ1) is 30.3. The maximum absolute atomic E-state index is 13.9. The summed E-state index contributed by atoms with van der Waals surface area (Å²) in [5.41, 5.74) is 0.140. The van der Waals surface area contributed by atoms with Gasteiger partial charge in [-0.2, -0.15) is 13.2 Å². The van der Waals surface area contributed by atoms with E-state index in [1.165, 1.54) is 19.1 Å². The zero-order chi connectivity index (χ0) is 31.6. The lowest BCUT2D eigenvalue weighted by molar-refractivity contribution is -0.221. The molecule has 4 aliphatic rings. The van der Waals surface area contributed by atoms with E-state index in [4.69, 9.17) is 14.2 Å². The van der Waals surface area contributed by atoms with Crippen LogP contribution in [0, 0.1) is 17.8 Å². The molecule has 44 heavy (non-hydrogen) atoms. The van der Waals surface area contributed by atoms with Crippen molar-refractivity contribution in [3.05, 3.63) is 58.7 Å². The molecule has 2 heterocycles. The van der Waals surface area contributed by atoms with Gasteiger partial charge in [0.25, 0.3) is 5.91 Å². The van der Waals surface area contributed by atoms with E-state index in [1.54, 1.807) is 12.0 Å². The number of methoxy groups -OCH3 is 1. The summed E-state index contributed by atoms with van der Waals surface area (Å²) in [6, 6.07) is 8.01. The third kappa shape index (κ3) is 4.54. The number of ether oxygens (including phenoxy) is 3. The molecular weight excluding hydrogens is 573 g/mol. The molecule has 2 aromatic carbocycles. The second-order valence-electron chi connectivity index (χ2n) is 12.9. The molecule has 2 aliphatic heterocycles. The largest absolute Gasteiger partial charge is 0.493 e. The van der Waals surface area contributed by atoms with Crippen molar-refractivity contribution in [2.45, 2.75) is 81.8 Å². The minimum absolute atomic E-state index is 0.0623. The van der Waals surface area contributed by atoms with Crippen molar-refractivity contribution in [1.82, 2.24) is 9.80 Å². The highest BCUT2D eigenvalue weighted by Gasteiger charge is 2.75. The first-order chi connectivity index (χ1) is 20.8. The summed E-state index contributed by atoms with van der Waals surface area (Å²) in [5.74, 6) is 6.06. The number of benzene rings is 2. The third-order valence-electron chi connectivity index (χ3n) is 9.94. The maximum Gasteiger partial charge on any atom is 0.416 e. The van der Waals surface area contributed by atoms with Gasteiger partial charge in [0, 0.05) is 30.5 Å². The summed E-state index contributed by atoms with van der Waals surface area (Å²) < 4.78 is 58.2. The molecule has 2 fully saturated rings. The number of piperidine rings is 1. The van der Waals surface area contributed by atoms with Crippen LogP contribution in [0.15, 0.2) is 36.4 Å². The van der Waals surface area contributed by atoms with Gasteiger partial charge < -0.3 is 19.1 Å². The van der Waals surface area contributed by atoms with E-state index in [0.29, 0.717) is 49.3 Å². The average Bonchev–Trinajstić information content (AvgIpc) is 3.32. The summed E-state index contributed by atoms with van der Waals surface area (Å²) in [6.07, 6.45) is -2.54. The Bertz CT molecular complexity index is 1540. The van der Waals surface area contributed by atoms with Gasteiger partial charge in [-0.1, -0.05) is 25.8 Å². The highest BCUT2D eigenvalue weighted by molar-refractivity contribution is 5.94. The molecule has 6 rings (SSSR count). The summed E-state index contributed by atoms with van der Waals surface area (Å²) in [6.45, 7) is 6.66. The monoisotopic (exact) mass is 610 g/mol. The lowest BCUT2D eigenvalue weighted by atomic mass is 9.48. The van der Waals surface area contributed by atoms with Crippen molar-refractivity contribution < 1.29 is 37.0 Å². The van der Waals surface area contributed by atoms with Crippen molar-refractivity contribution in [3.8, 4) is 23.3 Å². The first-order valence-electron chi connectivity index (χ1n) is 15.1. The molecule has 1 spiro atoms. The molecule has 0 aromatic heterocycles. The number of esters is 1. The quantitative estimate of drug-likeness (QED) is 0.352. The summed E-state index contributed by atoms with van der Waals surface area (Å²) in [7, 11) is 3.67. The van der Waals surface area contributed by atoms with Gasteiger partial charge in [0.15, 0.2) is 11.5 Å². The highest BCUT2D eigenvalue weighted by atomic mass is 19.4. The molecule has 2 bridgehead atoms. The number of rotatable bonds is 5. The number of hydrogen-bond acceptors (Lipinski definition) is 6. The number of likely N-dealkylation sites (N-methyl/N-ethyl adjacent to an activating group) is 1. The molecular formula is C34H37F3N2O5. The Balaban J connectivity index is 1.43. The molecule has 2 aromatic rings. The van der Waals surface area contributed by atoms with Crippen LogP contribution < -0.4 is 9.47 Å². The fourth-order valence-corrected chi connectivity index (χ4v) is 8.33. The van der Waals surface area contributed by atoms with E-state index in [-0.39, 0.29) is 24.0 Å². The smallest absolute Gasteiger partial charge is 0.416 e. The van der Waals surface area contributed by atoms with Gasteiger partial charge in [-0.3, -0.25) is 14.5 Å². The van der Waals surface area contributed by atoms with Crippen LogP contribution in [0.5, 0.6) is 11.5 Å². The molecule has 0 unspecified atom stereocenters. The van der Waals surface area contributed by atoms with Gasteiger partial charge >= 0.3 is 12.1 Å². The van der Waals surface area contributed by atoms with E-state index in [2.05, 4.69) is 29.9 Å². The van der Waals surface area contributed by atoms with Crippen LogP contribution in [-0.2, 0) is 32.3 Å². The first-order valence-corrected chi connectivity index (χ1v) is 15.1. The molecule has 2 aliphatic carbocycles. The third-order valence-corrected chi connectivity index (χ3v) is 9.94. The van der Waals surface area contributed by atoms with Crippen LogP contribution in [-0.4, -0.2) is 72.7 Å². The van der Waals surface area contributed by atoms with Crippen molar-refractivity contribution in [2.24, 2.45) is 5.92 Å². The van der Waals surface area contributed by atoms with Crippen LogP contribution in [0.4, 0.5) is 13.2 Å². The second kappa shape index (κ2) is 10.7. The van der Waals surface area contributed by atoms with Gasteiger partial charge in [0.1, 0.15) is 11.7 Å². The van der Waals surface area contributed by atoms with Crippen molar-refractivity contribution in [1.29, 1.82) is 0 Å². The molecule has 1 amide bonds. The number of alkyl halides is 3. The minimum atomic E-state index is -4.45. The van der Waals surface area contributed by atoms with Crippen LogP contribution in [0.2, 0.25) is 0 Å². The Morgan fingerprint density at radius 2 is 1.89 bits per heavy atom. The number of hydrogen-bond donors (Lipinski definition) is 0. The molecule has 0 N–H and O–H groups in total. The lowest BCUT2D eigenvalue weighted by Gasteiger charge is -2.65. The topological polar surface area (TPSA) is 68.3 Å². The molecule has 1 saturated carbocycles. The SMILES string of the molecule is COc1ccc2c3c1O[C@H]1[C@H](N(CC(C)C)C(=O)C#Cc4ccc(C(F)(F)F)cc4)CC[C@@]4(OC(C)=O)[C@@H](C2)N(C)CC[C@]314. The van der Waals surface area contributed by atoms with E-state index < -0.39 is 34.8 Å². The Morgan fingerprint density at radius 3 is 2.52 bits per heavy atom. The molecule has 5 atom stereocenters. The molecule has 10 heteroatoms. The number of carbonyl (C=O) groups excluding carboxylic acids is 2. The van der Waals surface area contributed by atoms with Crippen molar-refractivity contribution >= 4 is 11.9 Å². The Hall–Kier alpha value is -3.71. The predicted molar refractivity (Wildman–Crippen MR) is 156 cm³/mol. The standard InChI is InChI=1S/C34H37F3N2O5/c1-20(2)19-39(28(41)13-8-22-6-10-24(11-7-22)34(35,36)37)25-14-15-33(44-21(3)40)27-18-23-9-12-26(42-5)30-29(23)32(33,31(25)43-30)16-17-38(27)4/h6-7,9-12,20,25,27,31H,14-19H2,1-5H3/t25-,27-,31+,32+,33-/m1/s1. The van der Waals surface area contributed by atoms with Gasteiger partial charge in [0.05, 0.1) is 30.2 Å². The molecule has 1 saturated heterocycles. The fourth-order valence-electron chi connectivity index (χ4n) is 8.33. The van der Waals surface area contributed by atoms with E-state index in [9.17, 15) is 22.8 Å². The summed E-state index contributed by atoms with van der Waals surface area (Å²) >= 11 is 0. The number of nitrogens with zero attached hydrogens (tertiary/aromatic N) is 2. The second-order valence-corrected chi connectivity index (χ2v) is 12.9. The molecule has 234 valence electrons. The van der Waals surface area contributed by atoms with Crippen molar-refractivity contribution in [3.63, 3.8) is 0 Å². The number of carbonyl (C=O) groups is 2. The number of amides is 1. The Kier molecular flexibility index (Phi) is 7.39. The maximum atomic E-state index is 13.9. The molecule has 7 nitrogen and oxygen atoms in total. The van der Waals surface area contributed by atoms with E-state index >= 15 is 0 Å². The minimum Gasteiger partial charge on any atom is -0.493 e. The normalized spacial score (nSPS) is 28.3. The zero-order valence-corrected chi connectivity index (χ0v) is 25.6. The predicted octanol–water partition coefficient (Wildman–Crippen LogP) is 4.97. The highest BCUT2D eigenvalue weighted by Crippen LogP contribution is 2.67. The van der Waals surface area contributed by atoms with Crippen molar-refractivity contribution in [2.75, 3.05) is 27.2 Å². The van der Waals surface area contributed by atoms with Crippen LogP contribution in [0.25, 0.3) is 0 Å². The van der Waals surface area contributed by atoms with Crippen LogP contribution in [0.3, 0.4) is 0 Å². The van der Waals surface area contributed by atoms with E-state index in [0.717, 1.165) is 29.8 Å². The number of halogens is 3. The zero-order valence-electron chi connectivity index (χ0n) is 25.6. The van der Waals surface area contributed by atoms with Crippen LogP contribution in [0.1, 0.15) is 62.3 Å². The summed E-state index contributed by atoms with van der Waals surface area (Å²) in [5, 5.41) is 0.